The quantitative estimate of drug-likeness (QED) is 0.861. The fraction of sp³-hybridized carbons (Fsp3) is 0.368. The maximum atomic E-state index is 5.32. The van der Waals surface area contributed by atoms with Gasteiger partial charge in [0, 0.05) is 44.5 Å². The highest BCUT2D eigenvalue weighted by Gasteiger charge is 2.18. The van der Waals surface area contributed by atoms with E-state index in [1.807, 2.05) is 6.07 Å². The van der Waals surface area contributed by atoms with Gasteiger partial charge in [0.05, 0.1) is 7.11 Å². The minimum absolute atomic E-state index is 0.930. The summed E-state index contributed by atoms with van der Waals surface area (Å²) in [5.74, 6) is 0.930. The summed E-state index contributed by atoms with van der Waals surface area (Å²) in [4.78, 5) is 4.98. The van der Waals surface area contributed by atoms with Crippen molar-refractivity contribution in [3.63, 3.8) is 0 Å². The molecule has 116 valence electrons. The summed E-state index contributed by atoms with van der Waals surface area (Å²) in [6.45, 7) is 7.59. The molecule has 0 aromatic heterocycles. The van der Waals surface area contributed by atoms with Crippen molar-refractivity contribution in [2.75, 3.05) is 38.2 Å². The lowest BCUT2D eigenvalue weighted by molar-refractivity contribution is 0.249. The van der Waals surface area contributed by atoms with Crippen molar-refractivity contribution in [2.24, 2.45) is 0 Å². The van der Waals surface area contributed by atoms with Crippen LogP contribution in [0, 0.1) is 6.92 Å². The second kappa shape index (κ2) is 6.84. The van der Waals surface area contributed by atoms with Crippen molar-refractivity contribution in [1.29, 1.82) is 0 Å². The van der Waals surface area contributed by atoms with Gasteiger partial charge >= 0.3 is 0 Å². The molecule has 1 aliphatic heterocycles. The zero-order chi connectivity index (χ0) is 15.4. The van der Waals surface area contributed by atoms with Crippen molar-refractivity contribution >= 4 is 5.69 Å². The maximum absolute atomic E-state index is 5.32. The van der Waals surface area contributed by atoms with Crippen molar-refractivity contribution in [1.82, 2.24) is 4.90 Å². The lowest BCUT2D eigenvalue weighted by atomic mass is 10.1. The van der Waals surface area contributed by atoms with E-state index in [1.54, 1.807) is 7.11 Å². The Bertz CT molecular complexity index is 618. The number of hydrogen-bond donors (Lipinski definition) is 0. The molecule has 0 radical (unpaired) electrons. The van der Waals surface area contributed by atoms with E-state index in [2.05, 4.69) is 59.2 Å². The van der Waals surface area contributed by atoms with E-state index >= 15 is 0 Å². The first kappa shape index (κ1) is 14.9. The van der Waals surface area contributed by atoms with Crippen LogP contribution in [0.1, 0.15) is 11.1 Å². The summed E-state index contributed by atoms with van der Waals surface area (Å²) in [5.41, 5.74) is 4.09. The van der Waals surface area contributed by atoms with Gasteiger partial charge in [-0.1, -0.05) is 30.3 Å². The molecule has 3 rings (SSSR count). The zero-order valence-corrected chi connectivity index (χ0v) is 13.5. The topological polar surface area (TPSA) is 15.7 Å². The van der Waals surface area contributed by atoms with Crippen LogP contribution in [-0.2, 0) is 6.54 Å². The van der Waals surface area contributed by atoms with E-state index in [0.717, 1.165) is 38.5 Å². The van der Waals surface area contributed by atoms with Crippen molar-refractivity contribution in [2.45, 2.75) is 13.5 Å². The Balaban J connectivity index is 1.59. The van der Waals surface area contributed by atoms with Crippen LogP contribution in [0.4, 0.5) is 5.69 Å². The van der Waals surface area contributed by atoms with Gasteiger partial charge in [0.2, 0.25) is 0 Å². The molecule has 1 saturated heterocycles. The Morgan fingerprint density at radius 1 is 0.955 bits per heavy atom. The van der Waals surface area contributed by atoms with Gasteiger partial charge in [-0.3, -0.25) is 4.90 Å². The van der Waals surface area contributed by atoms with Crippen LogP contribution in [0.3, 0.4) is 0 Å². The third-order valence-corrected chi connectivity index (χ3v) is 4.45. The average molecular weight is 296 g/mol. The molecule has 0 aliphatic carbocycles. The second-order valence-electron chi connectivity index (χ2n) is 5.89. The predicted molar refractivity (Wildman–Crippen MR) is 91.7 cm³/mol. The number of hydrogen-bond acceptors (Lipinski definition) is 3. The SMILES string of the molecule is COc1cccc(N2CCN(Cc3ccccc3C)CC2)c1. The molecule has 0 amide bonds. The van der Waals surface area contributed by atoms with Crippen LogP contribution in [0.15, 0.2) is 48.5 Å². The average Bonchev–Trinajstić information content (AvgIpc) is 2.58. The lowest BCUT2D eigenvalue weighted by Gasteiger charge is -2.36. The first-order chi connectivity index (χ1) is 10.8. The number of rotatable bonds is 4. The number of benzene rings is 2. The first-order valence-electron chi connectivity index (χ1n) is 7.92. The molecule has 3 heteroatoms. The number of piperazine rings is 1. The Hall–Kier alpha value is -2.00. The third-order valence-electron chi connectivity index (χ3n) is 4.45. The lowest BCUT2D eigenvalue weighted by Crippen LogP contribution is -2.46. The van der Waals surface area contributed by atoms with Crippen LogP contribution in [0.5, 0.6) is 5.75 Å². The molecule has 1 fully saturated rings. The largest absolute Gasteiger partial charge is 0.497 e. The monoisotopic (exact) mass is 296 g/mol. The molecule has 0 N–H and O–H groups in total. The normalized spacial score (nSPS) is 15.8. The minimum Gasteiger partial charge on any atom is -0.497 e. The number of anilines is 1. The standard InChI is InChI=1S/C19H24N2O/c1-16-6-3-4-7-17(16)15-20-10-12-21(13-11-20)18-8-5-9-19(14-18)22-2/h3-9,14H,10-13,15H2,1-2H3. The Kier molecular flexibility index (Phi) is 4.64. The molecular weight excluding hydrogens is 272 g/mol. The molecule has 2 aromatic carbocycles. The van der Waals surface area contributed by atoms with Crippen LogP contribution in [0.2, 0.25) is 0 Å². The maximum Gasteiger partial charge on any atom is 0.120 e. The molecule has 0 unspecified atom stereocenters. The second-order valence-corrected chi connectivity index (χ2v) is 5.89. The summed E-state index contributed by atoms with van der Waals surface area (Å²) in [6, 6.07) is 17.0. The van der Waals surface area contributed by atoms with E-state index in [1.165, 1.54) is 16.8 Å². The molecule has 0 atom stereocenters. The van der Waals surface area contributed by atoms with Crippen LogP contribution in [-0.4, -0.2) is 38.2 Å². The van der Waals surface area contributed by atoms with E-state index < -0.39 is 0 Å². The van der Waals surface area contributed by atoms with E-state index in [0.29, 0.717) is 0 Å². The number of ether oxygens (including phenoxy) is 1. The van der Waals surface area contributed by atoms with Gasteiger partial charge in [-0.05, 0) is 30.2 Å². The van der Waals surface area contributed by atoms with Gasteiger partial charge in [-0.2, -0.15) is 0 Å². The minimum atomic E-state index is 0.930. The molecule has 0 spiro atoms. The van der Waals surface area contributed by atoms with Gasteiger partial charge in [0.1, 0.15) is 5.75 Å². The summed E-state index contributed by atoms with van der Waals surface area (Å²) in [6.07, 6.45) is 0. The number of methoxy groups -OCH3 is 1. The number of nitrogens with zero attached hydrogens (tertiary/aromatic N) is 2. The summed E-state index contributed by atoms with van der Waals surface area (Å²) in [5, 5.41) is 0. The molecule has 0 bridgehead atoms. The molecule has 22 heavy (non-hydrogen) atoms. The fourth-order valence-electron chi connectivity index (χ4n) is 3.00. The highest BCUT2D eigenvalue weighted by Crippen LogP contribution is 2.22. The van der Waals surface area contributed by atoms with Crippen molar-refractivity contribution in [3.05, 3.63) is 59.7 Å². The van der Waals surface area contributed by atoms with E-state index in [-0.39, 0.29) is 0 Å². The molecular formula is C19H24N2O. The Labute approximate surface area is 133 Å². The first-order valence-corrected chi connectivity index (χ1v) is 7.92. The molecule has 0 saturated carbocycles. The Morgan fingerprint density at radius 3 is 2.45 bits per heavy atom. The number of aryl methyl sites for hydroxylation is 1. The Morgan fingerprint density at radius 2 is 1.73 bits per heavy atom. The van der Waals surface area contributed by atoms with Crippen LogP contribution >= 0.6 is 0 Å². The molecule has 2 aromatic rings. The predicted octanol–water partition coefficient (Wildman–Crippen LogP) is 3.33. The van der Waals surface area contributed by atoms with Crippen LogP contribution in [0.25, 0.3) is 0 Å². The van der Waals surface area contributed by atoms with E-state index in [4.69, 9.17) is 4.74 Å². The summed E-state index contributed by atoms with van der Waals surface area (Å²) in [7, 11) is 1.72. The zero-order valence-electron chi connectivity index (χ0n) is 13.5. The van der Waals surface area contributed by atoms with Gasteiger partial charge < -0.3 is 9.64 Å². The highest BCUT2D eigenvalue weighted by molar-refractivity contribution is 5.51. The fourth-order valence-corrected chi connectivity index (χ4v) is 3.00. The highest BCUT2D eigenvalue weighted by atomic mass is 16.5. The van der Waals surface area contributed by atoms with Gasteiger partial charge in [0.25, 0.3) is 0 Å². The van der Waals surface area contributed by atoms with Gasteiger partial charge in [-0.25, -0.2) is 0 Å². The molecule has 3 nitrogen and oxygen atoms in total. The van der Waals surface area contributed by atoms with Crippen molar-refractivity contribution < 1.29 is 4.74 Å². The third kappa shape index (κ3) is 3.42. The smallest absolute Gasteiger partial charge is 0.120 e. The van der Waals surface area contributed by atoms with E-state index in [9.17, 15) is 0 Å². The summed E-state index contributed by atoms with van der Waals surface area (Å²) >= 11 is 0. The van der Waals surface area contributed by atoms with Gasteiger partial charge in [-0.15, -0.1) is 0 Å². The molecule has 1 aliphatic rings. The van der Waals surface area contributed by atoms with Crippen molar-refractivity contribution in [3.8, 4) is 5.75 Å². The van der Waals surface area contributed by atoms with Gasteiger partial charge in [0.15, 0.2) is 0 Å². The summed E-state index contributed by atoms with van der Waals surface area (Å²) < 4.78 is 5.32. The van der Waals surface area contributed by atoms with Crippen LogP contribution < -0.4 is 9.64 Å². The molecule has 1 heterocycles.